The molecule has 0 fully saturated rings. The third-order valence-corrected chi connectivity index (χ3v) is 15.6. The first-order valence-electron chi connectivity index (χ1n) is 32.6. The van der Waals surface area contributed by atoms with Crippen molar-refractivity contribution in [2.45, 2.75) is 296 Å². The minimum absolute atomic E-state index is 0.108. The van der Waals surface area contributed by atoms with Crippen LogP contribution in [0.5, 0.6) is 0 Å². The number of phosphoric ester groups is 2. The molecule has 0 aliphatic heterocycles. The van der Waals surface area contributed by atoms with Crippen molar-refractivity contribution in [2.24, 2.45) is 0 Å². The highest BCUT2D eigenvalue weighted by molar-refractivity contribution is 7.47. The summed E-state index contributed by atoms with van der Waals surface area (Å²) in [4.78, 5) is 58.1. The van der Waals surface area contributed by atoms with Crippen LogP contribution in [-0.2, 0) is 55.8 Å². The fraction of sp³-hybridized carbons (Fsp3) is 0.800. The van der Waals surface area contributed by atoms with Gasteiger partial charge >= 0.3 is 33.6 Å². The largest absolute Gasteiger partial charge is 0.472 e. The normalized spacial score (nSPS) is 14.7. The van der Waals surface area contributed by atoms with E-state index in [2.05, 4.69) is 81.5 Å². The Bertz CT molecular complexity index is 1770. The van der Waals surface area contributed by atoms with Crippen LogP contribution in [0, 0.1) is 0 Å². The Morgan fingerprint density at radius 1 is 0.337 bits per heavy atom. The highest BCUT2D eigenvalue weighted by Crippen LogP contribution is 2.45. The number of ether oxygens (including phenoxy) is 3. The lowest BCUT2D eigenvalue weighted by Crippen LogP contribution is -2.30. The number of hydrogen-bond donors (Lipinski definition) is 4. The molecule has 0 aromatic rings. The van der Waals surface area contributed by atoms with Gasteiger partial charge in [0.1, 0.15) is 25.4 Å². The predicted octanol–water partition coefficient (Wildman–Crippen LogP) is 17.4. The molecule has 0 saturated heterocycles. The smallest absolute Gasteiger partial charge is 0.463 e. The zero-order valence-electron chi connectivity index (χ0n) is 52.1. The molecule has 0 heterocycles. The number of hydrogen-bond acceptors (Lipinski definition) is 14. The minimum Gasteiger partial charge on any atom is -0.463 e. The molecule has 18 heteroatoms. The maximum atomic E-state index is 12.8. The summed E-state index contributed by atoms with van der Waals surface area (Å²) < 4.78 is 60.6. The van der Waals surface area contributed by atoms with Gasteiger partial charge in [-0.05, 0) is 83.5 Å². The molecule has 0 aromatic heterocycles. The molecule has 83 heavy (non-hydrogen) atoms. The monoisotopic (exact) mass is 1220 g/mol. The van der Waals surface area contributed by atoms with Crippen molar-refractivity contribution in [1.82, 2.24) is 0 Å². The average molecular weight is 1220 g/mol. The third-order valence-electron chi connectivity index (χ3n) is 13.7. The van der Waals surface area contributed by atoms with Crippen molar-refractivity contribution in [3.63, 3.8) is 0 Å². The predicted molar refractivity (Wildman–Crippen MR) is 335 cm³/mol. The maximum Gasteiger partial charge on any atom is 0.472 e. The second-order valence-electron chi connectivity index (χ2n) is 21.9. The van der Waals surface area contributed by atoms with Crippen LogP contribution in [0.25, 0.3) is 0 Å². The Morgan fingerprint density at radius 3 is 1.02 bits per heavy atom. The molecule has 484 valence electrons. The van der Waals surface area contributed by atoms with Crippen LogP contribution in [0.3, 0.4) is 0 Å². The molecule has 0 saturated carbocycles. The van der Waals surface area contributed by atoms with Gasteiger partial charge in [-0.1, -0.05) is 236 Å². The fourth-order valence-electron chi connectivity index (χ4n) is 8.65. The lowest BCUT2D eigenvalue weighted by molar-refractivity contribution is -0.161. The zero-order chi connectivity index (χ0) is 61.0. The minimum atomic E-state index is -4.91. The number of unbranched alkanes of at least 4 members (excludes halogenated alkanes) is 29. The van der Waals surface area contributed by atoms with Crippen molar-refractivity contribution in [2.75, 3.05) is 39.6 Å². The maximum absolute atomic E-state index is 12.8. The molecule has 5 unspecified atom stereocenters. The highest BCUT2D eigenvalue weighted by atomic mass is 31.2. The number of carbonyl (C=O) groups is 3. The van der Waals surface area contributed by atoms with Crippen LogP contribution < -0.4 is 0 Å². The van der Waals surface area contributed by atoms with Gasteiger partial charge in [0.25, 0.3) is 0 Å². The molecule has 0 bridgehead atoms. The molecule has 0 aliphatic rings. The topological polar surface area (TPSA) is 231 Å². The van der Waals surface area contributed by atoms with E-state index in [0.717, 1.165) is 116 Å². The second kappa shape index (κ2) is 59.6. The van der Waals surface area contributed by atoms with Crippen molar-refractivity contribution in [1.29, 1.82) is 0 Å². The van der Waals surface area contributed by atoms with Crippen molar-refractivity contribution in [3.05, 3.63) is 60.8 Å². The molecule has 0 aliphatic carbocycles. The average Bonchev–Trinajstić information content (AvgIpc) is 3.46. The van der Waals surface area contributed by atoms with E-state index in [9.17, 15) is 43.5 Å². The van der Waals surface area contributed by atoms with E-state index < -0.39 is 91.5 Å². The van der Waals surface area contributed by atoms with Gasteiger partial charge in [-0.25, -0.2) is 9.13 Å². The quantitative estimate of drug-likeness (QED) is 0.0146. The Morgan fingerprint density at radius 2 is 0.614 bits per heavy atom. The molecular weight excluding hydrogens is 1100 g/mol. The number of phosphoric acid groups is 2. The first-order valence-corrected chi connectivity index (χ1v) is 35.6. The van der Waals surface area contributed by atoms with Crippen molar-refractivity contribution >= 4 is 33.6 Å². The van der Waals surface area contributed by atoms with Gasteiger partial charge in [0.2, 0.25) is 0 Å². The van der Waals surface area contributed by atoms with E-state index in [1.54, 1.807) is 0 Å². The Balaban J connectivity index is 4.44. The highest BCUT2D eigenvalue weighted by Gasteiger charge is 2.29. The van der Waals surface area contributed by atoms with Gasteiger partial charge < -0.3 is 34.2 Å². The molecule has 0 radical (unpaired) electrons. The summed E-state index contributed by atoms with van der Waals surface area (Å²) in [6.07, 6.45) is 58.7. The number of allylic oxidation sites excluding steroid dienone is 10. The van der Waals surface area contributed by atoms with E-state index in [4.69, 9.17) is 32.3 Å². The van der Waals surface area contributed by atoms with Crippen LogP contribution in [-0.4, -0.2) is 95.9 Å². The molecule has 16 nitrogen and oxygen atoms in total. The van der Waals surface area contributed by atoms with Gasteiger partial charge in [-0.2, -0.15) is 0 Å². The summed E-state index contributed by atoms with van der Waals surface area (Å²) in [7, 11) is -9.75. The molecule has 0 rings (SSSR count). The SMILES string of the molecule is CCCC/C=C\CCCCCCCC(=O)OCC(COP(=O)(O)OCC(O)COP(=O)(O)OCC(O)COC(=O)CCCCCCCCCCC/C=C\C/C=C\C/C=C\C/C=C\CCCCC)OC(=O)CCCCCCCCCCCCC. The van der Waals surface area contributed by atoms with Gasteiger partial charge in [0, 0.05) is 19.3 Å². The van der Waals surface area contributed by atoms with Crippen LogP contribution in [0.15, 0.2) is 60.8 Å². The third kappa shape index (κ3) is 60.7. The molecule has 0 spiro atoms. The van der Waals surface area contributed by atoms with Gasteiger partial charge in [-0.3, -0.25) is 32.5 Å². The fourth-order valence-corrected chi connectivity index (χ4v) is 10.2. The van der Waals surface area contributed by atoms with Gasteiger partial charge in [-0.15, -0.1) is 0 Å². The number of aliphatic hydroxyl groups is 2. The van der Waals surface area contributed by atoms with Crippen LogP contribution in [0.1, 0.15) is 278 Å². The molecule has 0 aromatic carbocycles. The van der Waals surface area contributed by atoms with E-state index in [1.165, 1.54) is 103 Å². The summed E-state index contributed by atoms with van der Waals surface area (Å²) >= 11 is 0. The second-order valence-corrected chi connectivity index (χ2v) is 24.8. The Labute approximate surface area is 503 Å². The lowest BCUT2D eigenvalue weighted by atomic mass is 10.1. The van der Waals surface area contributed by atoms with E-state index in [-0.39, 0.29) is 19.3 Å². The number of esters is 3. The zero-order valence-corrected chi connectivity index (χ0v) is 53.9. The first-order chi connectivity index (χ1) is 40.2. The molecule has 0 amide bonds. The molecule has 5 atom stereocenters. The standard InChI is InChI=1S/C65H118O16P2/c1-4-7-10-13-16-19-22-23-24-25-26-27-28-29-30-31-32-33-34-35-38-40-42-45-48-51-63(68)75-54-60(66)55-77-82(71,72)78-56-61(67)57-79-83(73,74)80-59-62(81-65(70)53-50-47-44-41-37-21-18-15-12-9-6-3)58-76-64(69)52-49-46-43-39-36-20-17-14-11-8-5-2/h14,16-17,19,23-24,26-27,29-30,60-62,66-67H,4-13,15,18,20-22,25,28,31-59H2,1-3H3,(H,71,72)(H,73,74)/b17-14-,19-16-,24-23-,27-26-,30-29-. The number of aliphatic hydroxyl groups excluding tert-OH is 2. The molecule has 4 N–H and O–H groups in total. The van der Waals surface area contributed by atoms with E-state index in [1.807, 2.05) is 0 Å². The van der Waals surface area contributed by atoms with Crippen molar-refractivity contribution in [3.8, 4) is 0 Å². The summed E-state index contributed by atoms with van der Waals surface area (Å²) in [6.45, 7) is 2.58. The Hall–Kier alpha value is -2.75. The van der Waals surface area contributed by atoms with Crippen molar-refractivity contribution < 1.29 is 75.8 Å². The van der Waals surface area contributed by atoms with Crippen LogP contribution in [0.2, 0.25) is 0 Å². The summed E-state index contributed by atoms with van der Waals surface area (Å²) in [5.41, 5.74) is 0. The van der Waals surface area contributed by atoms with Gasteiger partial charge in [0.05, 0.1) is 26.4 Å². The van der Waals surface area contributed by atoms with Crippen LogP contribution >= 0.6 is 15.6 Å². The Kier molecular flexibility index (Phi) is 57.6. The number of carbonyl (C=O) groups excluding carboxylic acids is 3. The van der Waals surface area contributed by atoms with Crippen LogP contribution in [0.4, 0.5) is 0 Å². The summed E-state index contributed by atoms with van der Waals surface area (Å²) in [5, 5.41) is 20.5. The molecular formula is C65H118O16P2. The number of rotatable bonds is 62. The first kappa shape index (κ1) is 80.2. The van der Waals surface area contributed by atoms with Gasteiger partial charge in [0.15, 0.2) is 6.10 Å². The summed E-state index contributed by atoms with van der Waals surface area (Å²) in [5.74, 6) is -1.58. The lowest BCUT2D eigenvalue weighted by Gasteiger charge is -2.21. The van der Waals surface area contributed by atoms with E-state index in [0.29, 0.717) is 19.3 Å². The summed E-state index contributed by atoms with van der Waals surface area (Å²) in [6, 6.07) is 0. The van der Waals surface area contributed by atoms with E-state index >= 15 is 0 Å².